The molecule has 3 aromatic heterocycles. The standard InChI is InChI=1S/C25H20BrClN6O3/c1-2-3-8-17-28-24(27)15(11-18(34)35)33(17)22-14-9-10-16-20(19(14)22)21(26)23(36-16)12-6-4-5-7-13(12)25-29-31-32-30-25/h4-7,9-10,22H,2-3,8,11H2,1H3,(H,34,35)(H,29,30,31,32). The van der Waals surface area contributed by atoms with Crippen molar-refractivity contribution >= 4 is 44.5 Å². The van der Waals surface area contributed by atoms with Crippen LogP contribution >= 0.6 is 27.5 Å². The van der Waals surface area contributed by atoms with Crippen LogP contribution in [-0.2, 0) is 17.6 Å². The van der Waals surface area contributed by atoms with E-state index in [1.165, 1.54) is 0 Å². The minimum Gasteiger partial charge on any atom is -0.481 e. The predicted octanol–water partition coefficient (Wildman–Crippen LogP) is 5.81. The second-order valence-electron chi connectivity index (χ2n) is 8.69. The number of benzene rings is 2. The van der Waals surface area contributed by atoms with E-state index >= 15 is 0 Å². The third-order valence-corrected chi connectivity index (χ3v) is 7.55. The average molecular weight is 568 g/mol. The highest BCUT2D eigenvalue weighted by atomic mass is 79.9. The van der Waals surface area contributed by atoms with Crippen molar-refractivity contribution < 1.29 is 14.3 Å². The van der Waals surface area contributed by atoms with Gasteiger partial charge in [0.25, 0.3) is 0 Å². The topological polar surface area (TPSA) is 123 Å². The Morgan fingerprint density at radius 1 is 1.25 bits per heavy atom. The highest BCUT2D eigenvalue weighted by Gasteiger charge is 2.42. The van der Waals surface area contributed by atoms with Gasteiger partial charge < -0.3 is 14.1 Å². The van der Waals surface area contributed by atoms with Gasteiger partial charge in [-0.1, -0.05) is 55.3 Å². The highest BCUT2D eigenvalue weighted by molar-refractivity contribution is 9.10. The van der Waals surface area contributed by atoms with E-state index in [1.54, 1.807) is 0 Å². The number of aliphatic carboxylic acids is 1. The highest BCUT2D eigenvalue weighted by Crippen LogP contribution is 2.54. The number of aromatic nitrogens is 6. The fraction of sp³-hybridized carbons (Fsp3) is 0.240. The van der Waals surface area contributed by atoms with E-state index in [2.05, 4.69) is 48.5 Å². The minimum absolute atomic E-state index is 0.140. The van der Waals surface area contributed by atoms with E-state index in [1.807, 2.05) is 41.0 Å². The molecule has 11 heteroatoms. The van der Waals surface area contributed by atoms with Crippen LogP contribution < -0.4 is 0 Å². The number of aryl methyl sites for hydroxylation is 1. The maximum atomic E-state index is 11.6. The van der Waals surface area contributed by atoms with Gasteiger partial charge in [-0.15, -0.1) is 5.10 Å². The lowest BCUT2D eigenvalue weighted by Crippen LogP contribution is -2.11. The molecule has 0 saturated carbocycles. The number of furan rings is 1. The van der Waals surface area contributed by atoms with Crippen LogP contribution in [0.2, 0.25) is 5.15 Å². The monoisotopic (exact) mass is 566 g/mol. The third-order valence-electron chi connectivity index (χ3n) is 6.49. The number of nitrogens with one attached hydrogen (secondary N) is 1. The minimum atomic E-state index is -0.944. The van der Waals surface area contributed by atoms with Gasteiger partial charge >= 0.3 is 5.97 Å². The molecule has 1 aliphatic carbocycles. The Hall–Kier alpha value is -3.50. The van der Waals surface area contributed by atoms with Gasteiger partial charge in [-0.05, 0) is 50.0 Å². The summed E-state index contributed by atoms with van der Waals surface area (Å²) in [5.41, 5.74) is 5.07. The van der Waals surface area contributed by atoms with Crippen molar-refractivity contribution in [2.75, 3.05) is 0 Å². The van der Waals surface area contributed by atoms with Gasteiger partial charge in [-0.25, -0.2) is 10.1 Å². The van der Waals surface area contributed by atoms with E-state index < -0.39 is 5.97 Å². The van der Waals surface area contributed by atoms with Gasteiger partial charge in [0.1, 0.15) is 17.2 Å². The SMILES string of the molecule is CCCCc1nc(Cl)c(CC(=O)O)n1C1c2ccc3oc(-c4ccccc4-c4nnn[nH]4)c(Br)c3c21. The van der Waals surface area contributed by atoms with E-state index in [9.17, 15) is 9.90 Å². The largest absolute Gasteiger partial charge is 0.481 e. The van der Waals surface area contributed by atoms with E-state index in [0.29, 0.717) is 17.3 Å². The number of imidazole rings is 1. The number of hydrogen-bond acceptors (Lipinski definition) is 6. The lowest BCUT2D eigenvalue weighted by molar-refractivity contribution is -0.136. The van der Waals surface area contributed by atoms with Crippen LogP contribution in [0.5, 0.6) is 0 Å². The molecule has 0 fully saturated rings. The number of halogens is 2. The zero-order valence-electron chi connectivity index (χ0n) is 19.1. The molecule has 182 valence electrons. The summed E-state index contributed by atoms with van der Waals surface area (Å²) in [5, 5.41) is 25.0. The number of tetrazole rings is 1. The van der Waals surface area contributed by atoms with Gasteiger partial charge in [0.2, 0.25) is 0 Å². The number of H-pyrrole nitrogens is 1. The number of hydrogen-bond donors (Lipinski definition) is 2. The molecule has 5 aromatic rings. The van der Waals surface area contributed by atoms with E-state index in [-0.39, 0.29) is 17.6 Å². The first-order valence-electron chi connectivity index (χ1n) is 11.5. The zero-order chi connectivity index (χ0) is 25.0. The van der Waals surface area contributed by atoms with Crippen LogP contribution in [0.4, 0.5) is 0 Å². The molecule has 0 radical (unpaired) electrons. The van der Waals surface area contributed by atoms with Crippen LogP contribution in [0.25, 0.3) is 33.7 Å². The number of carboxylic acids is 1. The lowest BCUT2D eigenvalue weighted by atomic mass is 10.0. The first-order valence-corrected chi connectivity index (χ1v) is 12.7. The summed E-state index contributed by atoms with van der Waals surface area (Å²) in [6.07, 6.45) is 2.46. The molecule has 2 N–H and O–H groups in total. The van der Waals surface area contributed by atoms with Crippen LogP contribution in [0.1, 0.15) is 48.5 Å². The maximum Gasteiger partial charge on any atom is 0.309 e. The second-order valence-corrected chi connectivity index (χ2v) is 9.85. The Balaban J connectivity index is 1.49. The third kappa shape index (κ3) is 3.63. The summed E-state index contributed by atoms with van der Waals surface area (Å²) >= 11 is 10.2. The van der Waals surface area contributed by atoms with Crippen molar-refractivity contribution in [3.63, 3.8) is 0 Å². The van der Waals surface area contributed by atoms with Crippen molar-refractivity contribution in [1.82, 2.24) is 30.2 Å². The number of nitrogens with zero attached hydrogens (tertiary/aromatic N) is 5. The molecule has 1 atom stereocenters. The van der Waals surface area contributed by atoms with Crippen LogP contribution in [0, 0.1) is 0 Å². The number of carboxylic acid groups (broad SMARTS) is 1. The van der Waals surface area contributed by atoms with Gasteiger partial charge in [0.15, 0.2) is 11.0 Å². The molecule has 9 nitrogen and oxygen atoms in total. The van der Waals surface area contributed by atoms with Crippen molar-refractivity contribution in [2.45, 2.75) is 38.6 Å². The summed E-state index contributed by atoms with van der Waals surface area (Å²) in [6.45, 7) is 2.11. The summed E-state index contributed by atoms with van der Waals surface area (Å²) in [6, 6.07) is 11.6. The first kappa shape index (κ1) is 22.9. The van der Waals surface area contributed by atoms with Gasteiger partial charge in [-0.3, -0.25) is 4.79 Å². The average Bonchev–Trinajstić information content (AvgIpc) is 3.19. The molecule has 0 aliphatic heterocycles. The molecule has 0 saturated heterocycles. The quantitative estimate of drug-likeness (QED) is 0.238. The Morgan fingerprint density at radius 3 is 2.78 bits per heavy atom. The smallest absolute Gasteiger partial charge is 0.309 e. The molecular formula is C25H20BrClN6O3. The van der Waals surface area contributed by atoms with Crippen molar-refractivity contribution in [3.8, 4) is 22.7 Å². The summed E-state index contributed by atoms with van der Waals surface area (Å²) in [7, 11) is 0. The Bertz CT molecular complexity index is 1620. The van der Waals surface area contributed by atoms with Gasteiger partial charge in [0, 0.05) is 22.9 Å². The number of carbonyl (C=O) groups is 1. The molecule has 3 heterocycles. The zero-order valence-corrected chi connectivity index (χ0v) is 21.5. The second kappa shape index (κ2) is 8.86. The fourth-order valence-corrected chi connectivity index (χ4v) is 5.82. The Labute approximate surface area is 218 Å². The van der Waals surface area contributed by atoms with Crippen LogP contribution in [-0.4, -0.2) is 41.3 Å². The van der Waals surface area contributed by atoms with E-state index in [4.69, 9.17) is 16.0 Å². The summed E-state index contributed by atoms with van der Waals surface area (Å²) in [5.74, 6) is 1.06. The predicted molar refractivity (Wildman–Crippen MR) is 137 cm³/mol. The molecule has 1 aliphatic rings. The summed E-state index contributed by atoms with van der Waals surface area (Å²) < 4.78 is 9.16. The lowest BCUT2D eigenvalue weighted by Gasteiger charge is -2.10. The first-order chi connectivity index (χ1) is 17.5. The molecule has 0 amide bonds. The molecule has 0 bridgehead atoms. The molecule has 6 rings (SSSR count). The molecule has 0 spiro atoms. The van der Waals surface area contributed by atoms with Crippen LogP contribution in [0.3, 0.4) is 0 Å². The Kier molecular flexibility index (Phi) is 5.65. The van der Waals surface area contributed by atoms with E-state index in [0.717, 1.165) is 62.8 Å². The molecule has 36 heavy (non-hydrogen) atoms. The van der Waals surface area contributed by atoms with Crippen molar-refractivity contribution in [3.05, 3.63) is 68.7 Å². The number of unbranched alkanes of at least 4 members (excludes halogenated alkanes) is 1. The normalized spacial score (nSPS) is 14.4. The van der Waals surface area contributed by atoms with Crippen molar-refractivity contribution in [2.24, 2.45) is 0 Å². The molecular weight excluding hydrogens is 548 g/mol. The maximum absolute atomic E-state index is 11.6. The fourth-order valence-electron chi connectivity index (χ4n) is 4.86. The van der Waals surface area contributed by atoms with Gasteiger partial charge in [0.05, 0.1) is 22.6 Å². The number of fused-ring (bicyclic) bond motifs is 3. The van der Waals surface area contributed by atoms with Gasteiger partial charge in [-0.2, -0.15) is 0 Å². The van der Waals surface area contributed by atoms with Crippen molar-refractivity contribution in [1.29, 1.82) is 0 Å². The molecule has 1 unspecified atom stereocenters. The van der Waals surface area contributed by atoms with Crippen LogP contribution in [0.15, 0.2) is 45.3 Å². The number of rotatable bonds is 8. The Morgan fingerprint density at radius 2 is 2.06 bits per heavy atom. The molecule has 2 aromatic carbocycles. The summed E-state index contributed by atoms with van der Waals surface area (Å²) in [4.78, 5) is 16.2. The number of aromatic amines is 1.